The molecule has 0 aliphatic rings. The van der Waals surface area contributed by atoms with E-state index in [-0.39, 0.29) is 23.2 Å². The molecule has 2 aromatic carbocycles. The molecule has 0 bridgehead atoms. The van der Waals surface area contributed by atoms with Crippen molar-refractivity contribution >= 4 is 33.8 Å². The summed E-state index contributed by atoms with van der Waals surface area (Å²) < 4.78 is 29.6. The van der Waals surface area contributed by atoms with Crippen LogP contribution in [0.3, 0.4) is 0 Å². The molecule has 0 atom stereocenters. The minimum absolute atomic E-state index is 0. The number of hydrogen-bond donors (Lipinski definition) is 2. The average Bonchev–Trinajstić information content (AvgIpc) is 2.61. The van der Waals surface area contributed by atoms with Gasteiger partial charge in [0.15, 0.2) is 9.84 Å². The van der Waals surface area contributed by atoms with Gasteiger partial charge in [-0.3, -0.25) is 4.79 Å². The highest BCUT2D eigenvalue weighted by molar-refractivity contribution is 7.92. The fraction of sp³-hybridized carbons (Fsp3) is 0.278. The van der Waals surface area contributed by atoms with E-state index in [1.165, 1.54) is 24.3 Å². The third kappa shape index (κ3) is 5.45. The van der Waals surface area contributed by atoms with Crippen LogP contribution in [0.25, 0.3) is 0 Å². The molecule has 0 unspecified atom stereocenters. The van der Waals surface area contributed by atoms with E-state index in [0.29, 0.717) is 30.2 Å². The molecular formula is C18H23ClN2O4S. The van der Waals surface area contributed by atoms with Crippen molar-refractivity contribution in [2.75, 3.05) is 18.5 Å². The van der Waals surface area contributed by atoms with E-state index in [1.807, 2.05) is 0 Å². The summed E-state index contributed by atoms with van der Waals surface area (Å²) in [6.45, 7) is 4.10. The molecule has 0 saturated heterocycles. The second kappa shape index (κ2) is 9.56. The van der Waals surface area contributed by atoms with E-state index in [0.717, 1.165) is 0 Å². The Balaban J connectivity index is 0.00000338. The Kier molecular flexibility index (Phi) is 8.08. The molecule has 0 aromatic heterocycles. The molecule has 2 aromatic rings. The molecule has 8 heteroatoms. The zero-order valence-electron chi connectivity index (χ0n) is 14.6. The maximum absolute atomic E-state index is 12.3. The highest BCUT2D eigenvalue weighted by Gasteiger charge is 2.19. The van der Waals surface area contributed by atoms with Gasteiger partial charge in [-0.2, -0.15) is 0 Å². The van der Waals surface area contributed by atoms with Crippen LogP contribution in [-0.4, -0.2) is 32.7 Å². The fourth-order valence-corrected chi connectivity index (χ4v) is 3.14. The Hall–Kier alpha value is -2.09. The van der Waals surface area contributed by atoms with Gasteiger partial charge >= 0.3 is 0 Å². The van der Waals surface area contributed by atoms with Crippen LogP contribution in [0.1, 0.15) is 24.2 Å². The molecule has 1 amide bonds. The summed E-state index contributed by atoms with van der Waals surface area (Å²) in [6, 6.07) is 12.8. The van der Waals surface area contributed by atoms with Crippen molar-refractivity contribution in [2.24, 2.45) is 5.73 Å². The maximum Gasteiger partial charge on any atom is 0.255 e. The Labute approximate surface area is 160 Å². The molecule has 6 nitrogen and oxygen atoms in total. The summed E-state index contributed by atoms with van der Waals surface area (Å²) in [5.74, 6) is 0.357. The van der Waals surface area contributed by atoms with Gasteiger partial charge in [-0.05, 0) is 62.4 Å². The number of halogens is 1. The van der Waals surface area contributed by atoms with Gasteiger partial charge < -0.3 is 15.8 Å². The number of hydrogen-bond acceptors (Lipinski definition) is 5. The van der Waals surface area contributed by atoms with Crippen molar-refractivity contribution in [2.45, 2.75) is 24.0 Å². The SMILES string of the molecule is CC(C)S(=O)(=O)c1ccc(C(=O)Nc2ccc(OCCN)cc2)cc1.Cl. The first kappa shape index (κ1) is 22.0. The van der Waals surface area contributed by atoms with Gasteiger partial charge in [0.1, 0.15) is 12.4 Å². The lowest BCUT2D eigenvalue weighted by Gasteiger charge is -2.10. The number of nitrogens with one attached hydrogen (secondary N) is 1. The van der Waals surface area contributed by atoms with Crippen LogP contribution >= 0.6 is 12.4 Å². The van der Waals surface area contributed by atoms with Gasteiger partial charge in [-0.25, -0.2) is 8.42 Å². The minimum Gasteiger partial charge on any atom is -0.492 e. The third-order valence-electron chi connectivity index (χ3n) is 3.56. The molecule has 0 heterocycles. The number of anilines is 1. The average molecular weight is 399 g/mol. The zero-order valence-corrected chi connectivity index (χ0v) is 16.3. The molecule has 0 spiro atoms. The Morgan fingerprint density at radius 2 is 1.65 bits per heavy atom. The standard InChI is InChI=1S/C18H22N2O4S.ClH/c1-13(2)25(22,23)17-9-3-14(4-10-17)18(21)20-15-5-7-16(8-6-15)24-12-11-19;/h3-10,13H,11-12,19H2,1-2H3,(H,20,21);1H. The largest absolute Gasteiger partial charge is 0.492 e. The summed E-state index contributed by atoms with van der Waals surface area (Å²) >= 11 is 0. The topological polar surface area (TPSA) is 98.5 Å². The van der Waals surface area contributed by atoms with E-state index >= 15 is 0 Å². The van der Waals surface area contributed by atoms with Crippen LogP contribution < -0.4 is 15.8 Å². The van der Waals surface area contributed by atoms with Crippen LogP contribution in [0, 0.1) is 0 Å². The van der Waals surface area contributed by atoms with E-state index in [2.05, 4.69) is 5.32 Å². The first-order valence-corrected chi connectivity index (χ1v) is 9.47. The Morgan fingerprint density at radius 3 is 2.15 bits per heavy atom. The molecule has 26 heavy (non-hydrogen) atoms. The molecule has 0 aliphatic carbocycles. The number of ether oxygens (including phenoxy) is 1. The molecule has 3 N–H and O–H groups in total. The molecule has 0 saturated carbocycles. The summed E-state index contributed by atoms with van der Waals surface area (Å²) in [5.41, 5.74) is 6.37. The lowest BCUT2D eigenvalue weighted by Crippen LogP contribution is -2.15. The van der Waals surface area contributed by atoms with Crippen molar-refractivity contribution in [1.29, 1.82) is 0 Å². The van der Waals surface area contributed by atoms with Gasteiger partial charge in [0.2, 0.25) is 0 Å². The molecule has 0 aliphatic heterocycles. The van der Waals surface area contributed by atoms with Gasteiger partial charge in [0, 0.05) is 17.8 Å². The van der Waals surface area contributed by atoms with Gasteiger partial charge in [0.05, 0.1) is 10.1 Å². The highest BCUT2D eigenvalue weighted by atomic mass is 35.5. The number of carbonyl (C=O) groups is 1. The predicted octanol–water partition coefficient (Wildman–Crippen LogP) is 2.88. The molecule has 0 radical (unpaired) electrons. The van der Waals surface area contributed by atoms with E-state index in [1.54, 1.807) is 38.1 Å². The monoisotopic (exact) mass is 398 g/mol. The first-order chi connectivity index (χ1) is 11.8. The van der Waals surface area contributed by atoms with E-state index in [9.17, 15) is 13.2 Å². The third-order valence-corrected chi connectivity index (χ3v) is 5.73. The minimum atomic E-state index is -3.35. The van der Waals surface area contributed by atoms with Crippen molar-refractivity contribution < 1.29 is 17.9 Å². The number of carbonyl (C=O) groups excluding carboxylic acids is 1. The maximum atomic E-state index is 12.3. The van der Waals surface area contributed by atoms with Crippen molar-refractivity contribution in [1.82, 2.24) is 0 Å². The van der Waals surface area contributed by atoms with E-state index < -0.39 is 15.1 Å². The molecule has 142 valence electrons. The predicted molar refractivity (Wildman–Crippen MR) is 105 cm³/mol. The summed E-state index contributed by atoms with van der Waals surface area (Å²) in [7, 11) is -3.35. The fourth-order valence-electron chi connectivity index (χ4n) is 2.08. The Bertz CT molecular complexity index is 819. The second-order valence-corrected chi connectivity index (χ2v) is 8.24. The van der Waals surface area contributed by atoms with Gasteiger partial charge in [-0.15, -0.1) is 12.4 Å². The Morgan fingerprint density at radius 1 is 1.08 bits per heavy atom. The number of rotatable bonds is 7. The quantitative estimate of drug-likeness (QED) is 0.747. The first-order valence-electron chi connectivity index (χ1n) is 7.93. The van der Waals surface area contributed by atoms with Crippen LogP contribution in [-0.2, 0) is 9.84 Å². The van der Waals surface area contributed by atoms with Crippen LogP contribution in [0.5, 0.6) is 5.75 Å². The smallest absolute Gasteiger partial charge is 0.255 e. The molecule has 0 fully saturated rings. The second-order valence-electron chi connectivity index (χ2n) is 5.73. The molecular weight excluding hydrogens is 376 g/mol. The van der Waals surface area contributed by atoms with Crippen LogP contribution in [0.2, 0.25) is 0 Å². The zero-order chi connectivity index (χ0) is 18.4. The molecule has 2 rings (SSSR count). The van der Waals surface area contributed by atoms with Crippen molar-refractivity contribution in [3.63, 3.8) is 0 Å². The van der Waals surface area contributed by atoms with Gasteiger partial charge in [-0.1, -0.05) is 0 Å². The van der Waals surface area contributed by atoms with Crippen LogP contribution in [0.15, 0.2) is 53.4 Å². The highest BCUT2D eigenvalue weighted by Crippen LogP contribution is 2.19. The lowest BCUT2D eigenvalue weighted by molar-refractivity contribution is 0.102. The number of sulfone groups is 1. The van der Waals surface area contributed by atoms with Gasteiger partial charge in [0.25, 0.3) is 5.91 Å². The summed E-state index contributed by atoms with van der Waals surface area (Å²) in [4.78, 5) is 12.5. The van der Waals surface area contributed by atoms with Crippen LogP contribution in [0.4, 0.5) is 5.69 Å². The summed E-state index contributed by atoms with van der Waals surface area (Å²) in [6.07, 6.45) is 0. The summed E-state index contributed by atoms with van der Waals surface area (Å²) in [5, 5.41) is 2.25. The number of nitrogens with two attached hydrogens (primary N) is 1. The lowest BCUT2D eigenvalue weighted by atomic mass is 10.2. The van der Waals surface area contributed by atoms with E-state index in [4.69, 9.17) is 10.5 Å². The number of benzene rings is 2. The number of amides is 1. The van der Waals surface area contributed by atoms with Crippen molar-refractivity contribution in [3.8, 4) is 5.75 Å². The van der Waals surface area contributed by atoms with Crippen molar-refractivity contribution in [3.05, 3.63) is 54.1 Å². The normalized spacial score (nSPS) is 10.9.